The van der Waals surface area contributed by atoms with Gasteiger partial charge in [-0.05, 0) is 0 Å². The first-order chi connectivity index (χ1) is 33.0. The molecule has 4 fully saturated rings. The van der Waals surface area contributed by atoms with E-state index in [2.05, 4.69) is 207 Å². The van der Waals surface area contributed by atoms with E-state index >= 15 is 0 Å². The minimum absolute atomic E-state index is 0.226. The summed E-state index contributed by atoms with van der Waals surface area (Å²) in [6.07, 6.45) is 8.33. The molecule has 0 bridgehead atoms. The predicted octanol–water partition coefficient (Wildman–Crippen LogP) is 19.5. The Kier molecular flexibility index (Phi) is 13.9. The van der Waals surface area contributed by atoms with Crippen molar-refractivity contribution in [3.8, 4) is 29.3 Å². The van der Waals surface area contributed by atoms with Crippen LogP contribution < -0.4 is 21.2 Å². The van der Waals surface area contributed by atoms with E-state index in [-0.39, 0.29) is 9.82 Å². The van der Waals surface area contributed by atoms with Gasteiger partial charge in [0.25, 0.3) is 0 Å². The van der Waals surface area contributed by atoms with Crippen LogP contribution in [0.4, 0.5) is 22.7 Å². The molecule has 0 aliphatic carbocycles. The van der Waals surface area contributed by atoms with Gasteiger partial charge in [-0.3, -0.25) is 0 Å². The molecule has 0 N–H and O–H groups in total. The maximum atomic E-state index is 3.51. The van der Waals surface area contributed by atoms with E-state index in [9.17, 15) is 0 Å². The van der Waals surface area contributed by atoms with Crippen molar-refractivity contribution in [1.29, 1.82) is 0 Å². The van der Waals surface area contributed by atoms with Gasteiger partial charge < -0.3 is 0 Å². The van der Waals surface area contributed by atoms with Gasteiger partial charge in [-0.1, -0.05) is 0 Å². The fraction of sp³-hybridized carbons (Fsp3) is 0.704. The Morgan fingerprint density at radius 1 is 0.423 bits per heavy atom. The molecule has 71 heavy (non-hydrogen) atoms. The third-order valence-electron chi connectivity index (χ3n) is 20.9. The molecule has 0 aromatic carbocycles. The predicted molar refractivity (Wildman–Crippen MR) is 352 cm³/mol. The standard InChI is InChI=1S/C42H69N4S4Si8.3C4H9.Sn/c1-51(2)23-27-55(9,10)43-33-35(45-41(43,51)53(5,6)25-29-57(45,13)14)39(49-37(33)31-19-17-21-47-31)40-36-34(38(50-40)32-20-18-22-48-32)44-42(52(3,4)24-28-56(44,11)12)46(36)58(15,16)30-26-54(42,7)8;3*1-3-4-2;/h17-21H,23-30H2,1-16H3;3*1,3-4H2,2H3;. The van der Waals surface area contributed by atoms with E-state index in [0.717, 1.165) is 0 Å². The summed E-state index contributed by atoms with van der Waals surface area (Å²) in [7, 11) is -15.2. The van der Waals surface area contributed by atoms with Crippen molar-refractivity contribution in [2.45, 2.75) is 236 Å². The Labute approximate surface area is 462 Å². The number of anilines is 4. The first-order valence-corrected chi connectivity index (χ1v) is 65.0. The number of hydrogen-bond acceptors (Lipinski definition) is 8. The Balaban J connectivity index is 1.36. The molecule has 6 aliphatic heterocycles. The number of nitrogens with zero attached hydrogens (tertiary/aromatic N) is 4. The van der Waals surface area contributed by atoms with Crippen LogP contribution in [0.2, 0.25) is 166 Å². The van der Waals surface area contributed by atoms with E-state index in [1.165, 1.54) is 91.8 Å². The van der Waals surface area contributed by atoms with Crippen LogP contribution in [0.3, 0.4) is 0 Å². The third kappa shape index (κ3) is 7.55. The van der Waals surface area contributed by atoms with Gasteiger partial charge in [-0.25, -0.2) is 0 Å². The Hall–Kier alpha value is 0.534. The van der Waals surface area contributed by atoms with Crippen molar-refractivity contribution >= 4 is 155 Å². The van der Waals surface area contributed by atoms with Gasteiger partial charge >= 0.3 is 467 Å². The quantitative estimate of drug-likeness (QED) is 0.124. The normalized spacial score (nSPS) is 27.8. The van der Waals surface area contributed by atoms with E-state index in [1.807, 2.05) is 14.2 Å². The second kappa shape index (κ2) is 18.0. The molecule has 2 unspecified atom stereocenters. The molecule has 4 saturated heterocycles. The Morgan fingerprint density at radius 3 is 1.08 bits per heavy atom. The molecular formula is C54H96N4S4Si8Sn. The van der Waals surface area contributed by atoms with Crippen molar-refractivity contribution in [3.05, 3.63) is 29.6 Å². The van der Waals surface area contributed by atoms with Crippen molar-refractivity contribution in [2.75, 3.05) is 18.3 Å². The van der Waals surface area contributed by atoms with Gasteiger partial charge in [0.15, 0.2) is 0 Å². The van der Waals surface area contributed by atoms with Crippen molar-refractivity contribution < 1.29 is 0 Å². The first kappa shape index (κ1) is 54.9. The molecule has 2 atom stereocenters. The van der Waals surface area contributed by atoms with Crippen molar-refractivity contribution in [3.63, 3.8) is 0 Å². The van der Waals surface area contributed by atoms with Crippen LogP contribution in [-0.2, 0) is 0 Å². The van der Waals surface area contributed by atoms with E-state index in [1.54, 1.807) is 60.4 Å². The Bertz CT molecular complexity index is 2630. The molecule has 2 spiro atoms. The molecule has 10 heterocycles. The van der Waals surface area contributed by atoms with Crippen LogP contribution in [0.25, 0.3) is 29.3 Å². The number of unbranched alkanes of at least 4 members (excludes halogenated alkanes) is 3. The number of hydrogen-bond donors (Lipinski definition) is 0. The van der Waals surface area contributed by atoms with Crippen LogP contribution in [0.15, 0.2) is 29.6 Å². The molecule has 4 aromatic rings. The summed E-state index contributed by atoms with van der Waals surface area (Å²) in [6, 6.07) is 22.3. The van der Waals surface area contributed by atoms with Gasteiger partial charge in [0.1, 0.15) is 0 Å². The molecule has 0 radical (unpaired) electrons. The SMILES string of the molecule is CCC[CH2][Sn]([CH2]CCC)([CH2]CCC)[c]1ccc(-c2sc(-c3sc(-c4cccs4)c4c3N3C5(N4[Si](C)(C)CC[Si]5(C)C)[Si](C)(C)CC[Si]3(C)C)c3c2N2C4(N3[Si](C)(C)CC[Si]4(C)C)[Si](C)(C)CC[Si]2(C)C)s1. The second-order valence-corrected chi connectivity index (χ2v) is 86.5. The molecule has 4 nitrogen and oxygen atoms in total. The van der Waals surface area contributed by atoms with Gasteiger partial charge in [0.2, 0.25) is 0 Å². The maximum absolute atomic E-state index is 3.51. The van der Waals surface area contributed by atoms with E-state index in [0.29, 0.717) is 0 Å². The Morgan fingerprint density at radius 2 is 0.761 bits per heavy atom. The summed E-state index contributed by atoms with van der Waals surface area (Å²) in [5.41, 5.74) is 7.10. The van der Waals surface area contributed by atoms with Crippen LogP contribution in [0.5, 0.6) is 0 Å². The second-order valence-electron chi connectivity index (χ2n) is 29.1. The molecule has 17 heteroatoms. The molecule has 0 saturated carbocycles. The summed E-state index contributed by atoms with van der Waals surface area (Å²) in [4.78, 5) is 10.4. The monoisotopic (exact) mass is 1270 g/mol. The third-order valence-corrected chi connectivity index (χ3v) is 84.1. The summed E-state index contributed by atoms with van der Waals surface area (Å²) < 4.78 is 20.5. The zero-order valence-corrected chi connectivity index (χ0v) is 62.4. The summed E-state index contributed by atoms with van der Waals surface area (Å²) >= 11 is 6.33. The molecule has 6 aliphatic rings. The topological polar surface area (TPSA) is 13.0 Å². The molecular weight excluding hydrogens is 1180 g/mol. The van der Waals surface area contributed by atoms with Gasteiger partial charge in [0, 0.05) is 0 Å². The van der Waals surface area contributed by atoms with E-state index in [4.69, 9.17) is 0 Å². The summed E-state index contributed by atoms with van der Waals surface area (Å²) in [6.45, 7) is 53.5. The molecule has 10 rings (SSSR count). The van der Waals surface area contributed by atoms with Crippen LogP contribution in [0.1, 0.15) is 59.3 Å². The zero-order chi connectivity index (χ0) is 51.5. The minimum atomic E-state index is -2.71. The van der Waals surface area contributed by atoms with Crippen molar-refractivity contribution in [2.24, 2.45) is 0 Å². The number of fused-ring (bicyclic) bond motifs is 6. The van der Waals surface area contributed by atoms with Gasteiger partial charge in [-0.2, -0.15) is 0 Å². The van der Waals surface area contributed by atoms with Gasteiger partial charge in [-0.15, -0.1) is 0 Å². The van der Waals surface area contributed by atoms with Crippen LogP contribution >= 0.6 is 45.3 Å². The fourth-order valence-electron chi connectivity index (χ4n) is 17.4. The van der Waals surface area contributed by atoms with Crippen LogP contribution in [-0.4, -0.2) is 93.4 Å². The molecule has 392 valence electrons. The fourth-order valence-corrected chi connectivity index (χ4v) is 107. The average molecular weight is 1270 g/mol. The zero-order valence-electron chi connectivity index (χ0n) is 48.3. The van der Waals surface area contributed by atoms with E-state index < -0.39 is 83.6 Å². The molecule has 0 amide bonds. The summed E-state index contributed by atoms with van der Waals surface area (Å²) in [5, 5.41) is 2.39. The number of thiophene rings is 4. The van der Waals surface area contributed by atoms with Gasteiger partial charge in [0.05, 0.1) is 0 Å². The number of rotatable bonds is 13. The van der Waals surface area contributed by atoms with Crippen LogP contribution in [0, 0.1) is 0 Å². The molecule has 4 aromatic heterocycles. The summed E-state index contributed by atoms with van der Waals surface area (Å²) in [5.74, 6) is 0. The van der Waals surface area contributed by atoms with Crippen molar-refractivity contribution in [1.82, 2.24) is 0 Å². The first-order valence-electron chi connectivity index (χ1n) is 28.7. The average Bonchev–Trinajstić information content (AvgIpc) is 4.14.